The monoisotopic (exact) mass is 285 g/mol. The average molecular weight is 285 g/mol. The number of Topliss-reactive ketones (excluding diaryl/α,β-unsaturated/α-hetero) is 1. The molecule has 0 atom stereocenters. The van der Waals surface area contributed by atoms with Crippen LogP contribution >= 0.6 is 0 Å². The van der Waals surface area contributed by atoms with Crippen LogP contribution in [-0.2, 0) is 17.4 Å². The molecule has 0 spiro atoms. The van der Waals surface area contributed by atoms with E-state index in [2.05, 4.69) is 0 Å². The fourth-order valence-electron chi connectivity index (χ4n) is 2.75. The highest BCUT2D eigenvalue weighted by Crippen LogP contribution is 2.31. The van der Waals surface area contributed by atoms with Gasteiger partial charge < -0.3 is 5.73 Å². The largest absolute Gasteiger partial charge is 0.416 e. The van der Waals surface area contributed by atoms with E-state index in [4.69, 9.17) is 5.73 Å². The Morgan fingerprint density at radius 3 is 2.20 bits per heavy atom. The number of alkyl halides is 3. The standard InChI is InChI=1S/C15H18F3NO/c16-15(17,18)12-5-3-11(4-6-12)9-13(20)10-14(19)7-1-2-8-14/h3-6H,1-2,7-10,19H2. The highest BCUT2D eigenvalue weighted by atomic mass is 19.4. The van der Waals surface area contributed by atoms with Gasteiger partial charge in [0.15, 0.2) is 0 Å². The summed E-state index contributed by atoms with van der Waals surface area (Å²) in [6.07, 6.45) is -0.0789. The number of nitrogens with two attached hydrogens (primary N) is 1. The second kappa shape index (κ2) is 5.56. The number of carbonyl (C=O) groups excluding carboxylic acids is 1. The first-order valence-corrected chi connectivity index (χ1v) is 6.75. The van der Waals surface area contributed by atoms with Crippen LogP contribution in [0.3, 0.4) is 0 Å². The fourth-order valence-corrected chi connectivity index (χ4v) is 2.75. The molecule has 2 N–H and O–H groups in total. The number of halogens is 3. The van der Waals surface area contributed by atoms with Gasteiger partial charge in [0.1, 0.15) is 5.78 Å². The van der Waals surface area contributed by atoms with Crippen LogP contribution in [0.2, 0.25) is 0 Å². The Bertz CT molecular complexity index is 473. The zero-order chi connectivity index (χ0) is 14.8. The summed E-state index contributed by atoms with van der Waals surface area (Å²) in [5.74, 6) is -0.00541. The highest BCUT2D eigenvalue weighted by Gasteiger charge is 2.32. The lowest BCUT2D eigenvalue weighted by molar-refractivity contribution is -0.137. The van der Waals surface area contributed by atoms with E-state index >= 15 is 0 Å². The molecule has 1 aliphatic carbocycles. The summed E-state index contributed by atoms with van der Waals surface area (Å²) < 4.78 is 37.3. The molecule has 0 unspecified atom stereocenters. The lowest BCUT2D eigenvalue weighted by Gasteiger charge is -2.22. The second-order valence-electron chi connectivity index (χ2n) is 5.66. The van der Waals surface area contributed by atoms with Crippen molar-refractivity contribution in [2.45, 2.75) is 50.2 Å². The van der Waals surface area contributed by atoms with Crippen molar-refractivity contribution in [1.82, 2.24) is 0 Å². The maximum absolute atomic E-state index is 12.4. The third-order valence-electron chi connectivity index (χ3n) is 3.83. The van der Waals surface area contributed by atoms with Crippen molar-refractivity contribution in [3.63, 3.8) is 0 Å². The van der Waals surface area contributed by atoms with Gasteiger partial charge in [-0.1, -0.05) is 25.0 Å². The predicted octanol–water partition coefficient (Wildman–Crippen LogP) is 3.48. The van der Waals surface area contributed by atoms with Crippen molar-refractivity contribution in [2.75, 3.05) is 0 Å². The molecule has 1 aliphatic rings. The molecule has 0 amide bonds. The van der Waals surface area contributed by atoms with Crippen LogP contribution in [0.25, 0.3) is 0 Å². The van der Waals surface area contributed by atoms with Gasteiger partial charge in [-0.15, -0.1) is 0 Å². The second-order valence-corrected chi connectivity index (χ2v) is 5.66. The summed E-state index contributed by atoms with van der Waals surface area (Å²) in [6.45, 7) is 0. The summed E-state index contributed by atoms with van der Waals surface area (Å²) in [4.78, 5) is 12.0. The highest BCUT2D eigenvalue weighted by molar-refractivity contribution is 5.82. The van der Waals surface area contributed by atoms with E-state index in [0.29, 0.717) is 12.0 Å². The third kappa shape index (κ3) is 3.82. The number of hydrogen-bond donors (Lipinski definition) is 1. The van der Waals surface area contributed by atoms with Crippen LogP contribution < -0.4 is 5.73 Å². The van der Waals surface area contributed by atoms with E-state index in [9.17, 15) is 18.0 Å². The molecular weight excluding hydrogens is 267 g/mol. The summed E-state index contributed by atoms with van der Waals surface area (Å²) >= 11 is 0. The molecule has 110 valence electrons. The Morgan fingerprint density at radius 2 is 1.70 bits per heavy atom. The Kier molecular flexibility index (Phi) is 4.18. The van der Waals surface area contributed by atoms with E-state index in [1.165, 1.54) is 12.1 Å². The molecule has 1 saturated carbocycles. The number of rotatable bonds is 4. The number of hydrogen-bond acceptors (Lipinski definition) is 2. The van der Waals surface area contributed by atoms with Gasteiger partial charge in [0, 0.05) is 18.4 Å². The number of ketones is 1. The quantitative estimate of drug-likeness (QED) is 0.920. The first-order valence-electron chi connectivity index (χ1n) is 6.75. The molecule has 2 rings (SSSR count). The van der Waals surface area contributed by atoms with Crippen molar-refractivity contribution in [3.05, 3.63) is 35.4 Å². The van der Waals surface area contributed by atoms with Gasteiger partial charge in [0.2, 0.25) is 0 Å². The van der Waals surface area contributed by atoms with Crippen LogP contribution in [0.4, 0.5) is 13.2 Å². The molecule has 0 aliphatic heterocycles. The molecule has 1 aromatic carbocycles. The fraction of sp³-hybridized carbons (Fsp3) is 0.533. The summed E-state index contributed by atoms with van der Waals surface area (Å²) in [5, 5.41) is 0. The zero-order valence-electron chi connectivity index (χ0n) is 11.2. The first-order chi connectivity index (χ1) is 9.28. The molecule has 0 bridgehead atoms. The van der Waals surface area contributed by atoms with Gasteiger partial charge in [0.25, 0.3) is 0 Å². The molecule has 2 nitrogen and oxygen atoms in total. The number of carbonyl (C=O) groups is 1. The lowest BCUT2D eigenvalue weighted by Crippen LogP contribution is -2.39. The third-order valence-corrected chi connectivity index (χ3v) is 3.83. The molecule has 1 fully saturated rings. The molecule has 20 heavy (non-hydrogen) atoms. The average Bonchev–Trinajstić information content (AvgIpc) is 2.74. The maximum Gasteiger partial charge on any atom is 0.416 e. The van der Waals surface area contributed by atoms with Crippen molar-refractivity contribution in [1.29, 1.82) is 0 Å². The van der Waals surface area contributed by atoms with E-state index in [-0.39, 0.29) is 12.2 Å². The summed E-state index contributed by atoms with van der Waals surface area (Å²) in [5.41, 5.74) is 5.63. The van der Waals surface area contributed by atoms with Crippen molar-refractivity contribution >= 4 is 5.78 Å². The summed E-state index contributed by atoms with van der Waals surface area (Å²) in [7, 11) is 0. The van der Waals surface area contributed by atoms with Crippen molar-refractivity contribution in [3.8, 4) is 0 Å². The zero-order valence-corrected chi connectivity index (χ0v) is 11.2. The maximum atomic E-state index is 12.4. The van der Waals surface area contributed by atoms with Crippen molar-refractivity contribution < 1.29 is 18.0 Å². The van der Waals surface area contributed by atoms with Gasteiger partial charge in [-0.05, 0) is 30.5 Å². The molecular formula is C15H18F3NO. The van der Waals surface area contributed by atoms with Crippen LogP contribution in [0.1, 0.15) is 43.2 Å². The van der Waals surface area contributed by atoms with Crippen LogP contribution in [-0.4, -0.2) is 11.3 Å². The Hall–Kier alpha value is -1.36. The Morgan fingerprint density at radius 1 is 1.15 bits per heavy atom. The van der Waals surface area contributed by atoms with Gasteiger partial charge >= 0.3 is 6.18 Å². The molecule has 0 saturated heterocycles. The van der Waals surface area contributed by atoms with Crippen LogP contribution in [0.15, 0.2) is 24.3 Å². The first kappa shape index (κ1) is 15.0. The van der Waals surface area contributed by atoms with Crippen molar-refractivity contribution in [2.24, 2.45) is 5.73 Å². The van der Waals surface area contributed by atoms with Crippen LogP contribution in [0, 0.1) is 0 Å². The smallest absolute Gasteiger partial charge is 0.325 e. The Balaban J connectivity index is 1.94. The predicted molar refractivity (Wildman–Crippen MR) is 70.2 cm³/mol. The normalized spacial score (nSPS) is 18.2. The molecule has 5 heteroatoms. The SMILES string of the molecule is NC1(CC(=O)Cc2ccc(C(F)(F)F)cc2)CCCC1. The molecule has 0 heterocycles. The van der Waals surface area contributed by atoms with Crippen LogP contribution in [0.5, 0.6) is 0 Å². The molecule has 0 aromatic heterocycles. The van der Waals surface area contributed by atoms with E-state index in [0.717, 1.165) is 37.8 Å². The summed E-state index contributed by atoms with van der Waals surface area (Å²) in [6, 6.07) is 4.74. The van der Waals surface area contributed by atoms with E-state index in [1.807, 2.05) is 0 Å². The van der Waals surface area contributed by atoms with Gasteiger partial charge in [-0.3, -0.25) is 4.79 Å². The minimum Gasteiger partial charge on any atom is -0.325 e. The Labute approximate surface area is 116 Å². The van der Waals surface area contributed by atoms with Gasteiger partial charge in [-0.25, -0.2) is 0 Å². The van der Waals surface area contributed by atoms with E-state index in [1.54, 1.807) is 0 Å². The molecule has 1 aromatic rings. The number of benzene rings is 1. The van der Waals surface area contributed by atoms with E-state index < -0.39 is 17.3 Å². The minimum atomic E-state index is -4.34. The topological polar surface area (TPSA) is 43.1 Å². The molecule has 0 radical (unpaired) electrons. The van der Waals surface area contributed by atoms with Gasteiger partial charge in [0.05, 0.1) is 5.56 Å². The lowest BCUT2D eigenvalue weighted by atomic mass is 9.90. The minimum absolute atomic E-state index is 0.00541. The van der Waals surface area contributed by atoms with Gasteiger partial charge in [-0.2, -0.15) is 13.2 Å².